The average molecular weight is 449 g/mol. The van der Waals surface area contributed by atoms with Crippen LogP contribution >= 0.6 is 0 Å². The summed E-state index contributed by atoms with van der Waals surface area (Å²) in [5.41, 5.74) is 3.53. The van der Waals surface area contributed by atoms with E-state index < -0.39 is 7.12 Å². The number of hydrogen-bond acceptors (Lipinski definition) is 7. The number of pyridine rings is 1. The minimum atomic E-state index is -1.64. The Hall–Kier alpha value is -2.84. The van der Waals surface area contributed by atoms with Crippen molar-refractivity contribution in [2.24, 2.45) is 5.41 Å². The summed E-state index contributed by atoms with van der Waals surface area (Å²) in [4.78, 5) is 19.8. The van der Waals surface area contributed by atoms with Gasteiger partial charge >= 0.3 is 7.12 Å². The lowest BCUT2D eigenvalue weighted by atomic mass is 9.80. The van der Waals surface area contributed by atoms with Crippen LogP contribution in [0, 0.1) is 19.3 Å². The molecule has 33 heavy (non-hydrogen) atoms. The van der Waals surface area contributed by atoms with Gasteiger partial charge in [-0.15, -0.1) is 0 Å². The van der Waals surface area contributed by atoms with Gasteiger partial charge in [-0.2, -0.15) is 0 Å². The molecule has 0 spiro atoms. The van der Waals surface area contributed by atoms with E-state index in [4.69, 9.17) is 4.42 Å². The Kier molecular flexibility index (Phi) is 6.25. The number of fused-ring (bicyclic) bond motifs is 1. The first-order valence-electron chi connectivity index (χ1n) is 11.5. The van der Waals surface area contributed by atoms with Gasteiger partial charge in [-0.25, -0.2) is 4.98 Å². The van der Waals surface area contributed by atoms with E-state index in [1.165, 1.54) is 0 Å². The molecule has 1 aliphatic rings. The third-order valence-corrected chi connectivity index (χ3v) is 6.71. The van der Waals surface area contributed by atoms with Crippen molar-refractivity contribution in [3.05, 3.63) is 57.4 Å². The third-order valence-electron chi connectivity index (χ3n) is 6.71. The van der Waals surface area contributed by atoms with Crippen molar-refractivity contribution in [1.82, 2.24) is 4.98 Å². The molecular formula is C25H32BN3O4. The maximum absolute atomic E-state index is 13.4. The van der Waals surface area contributed by atoms with E-state index in [9.17, 15) is 14.8 Å². The molecule has 7 nitrogen and oxygen atoms in total. The topological polar surface area (TPSA) is 98.8 Å². The van der Waals surface area contributed by atoms with E-state index in [0.717, 1.165) is 37.1 Å². The van der Waals surface area contributed by atoms with Crippen molar-refractivity contribution < 1.29 is 14.5 Å². The zero-order chi connectivity index (χ0) is 23.9. The minimum absolute atomic E-state index is 0.0162. The van der Waals surface area contributed by atoms with Crippen molar-refractivity contribution in [3.63, 3.8) is 0 Å². The molecule has 3 N–H and O–H groups in total. The highest BCUT2D eigenvalue weighted by molar-refractivity contribution is 6.60. The molecule has 0 saturated carbocycles. The Morgan fingerprint density at radius 3 is 2.58 bits per heavy atom. The minimum Gasteiger partial charge on any atom is -0.440 e. The molecule has 8 heteroatoms. The van der Waals surface area contributed by atoms with E-state index in [1.54, 1.807) is 18.3 Å². The Bertz CT molecular complexity index is 1230. The number of rotatable bonds is 5. The van der Waals surface area contributed by atoms with Gasteiger partial charge in [0.05, 0.1) is 17.0 Å². The van der Waals surface area contributed by atoms with Gasteiger partial charge in [-0.05, 0) is 56.7 Å². The average Bonchev–Trinajstić information content (AvgIpc) is 2.76. The molecule has 1 unspecified atom stereocenters. The van der Waals surface area contributed by atoms with Gasteiger partial charge in [0.25, 0.3) is 0 Å². The molecule has 1 aliphatic heterocycles. The molecular weight excluding hydrogens is 417 g/mol. The summed E-state index contributed by atoms with van der Waals surface area (Å²) < 4.78 is 6.47. The van der Waals surface area contributed by atoms with Crippen LogP contribution in [0.1, 0.15) is 56.3 Å². The molecule has 1 atom stereocenters. The summed E-state index contributed by atoms with van der Waals surface area (Å²) >= 11 is 0. The van der Waals surface area contributed by atoms with Crippen LogP contribution in [0.5, 0.6) is 0 Å². The number of piperidine rings is 1. The maximum atomic E-state index is 13.4. The summed E-state index contributed by atoms with van der Waals surface area (Å²) in [7, 11) is -1.64. The zero-order valence-electron chi connectivity index (χ0n) is 20.0. The van der Waals surface area contributed by atoms with Crippen LogP contribution < -0.4 is 21.1 Å². The number of nitrogens with one attached hydrogen (secondary N) is 1. The van der Waals surface area contributed by atoms with E-state index in [-0.39, 0.29) is 16.9 Å². The van der Waals surface area contributed by atoms with Crippen molar-refractivity contribution in [3.8, 4) is 0 Å². The van der Waals surface area contributed by atoms with E-state index >= 15 is 0 Å². The third kappa shape index (κ3) is 4.63. The van der Waals surface area contributed by atoms with Crippen LogP contribution in [-0.2, 0) is 0 Å². The van der Waals surface area contributed by atoms with E-state index in [0.29, 0.717) is 33.6 Å². The van der Waals surface area contributed by atoms with Gasteiger partial charge in [-0.1, -0.05) is 26.0 Å². The fraction of sp³-hybridized carbons (Fsp3) is 0.440. The highest BCUT2D eigenvalue weighted by Gasteiger charge is 2.29. The second kappa shape index (κ2) is 8.84. The lowest BCUT2D eigenvalue weighted by Gasteiger charge is -2.37. The molecule has 174 valence electrons. The van der Waals surface area contributed by atoms with Crippen LogP contribution in [-0.4, -0.2) is 35.2 Å². The van der Waals surface area contributed by atoms with Crippen molar-refractivity contribution in [2.45, 2.75) is 53.5 Å². The monoisotopic (exact) mass is 449 g/mol. The van der Waals surface area contributed by atoms with Crippen LogP contribution in [0.4, 0.5) is 11.7 Å². The summed E-state index contributed by atoms with van der Waals surface area (Å²) in [6.07, 6.45) is 3.67. The van der Waals surface area contributed by atoms with Crippen LogP contribution in [0.25, 0.3) is 11.0 Å². The van der Waals surface area contributed by atoms with Crippen LogP contribution in [0.2, 0.25) is 0 Å². The Balaban J connectivity index is 1.79. The zero-order valence-corrected chi connectivity index (χ0v) is 20.0. The van der Waals surface area contributed by atoms with Gasteiger partial charge < -0.3 is 24.7 Å². The normalized spacial score (nSPS) is 16.6. The number of aryl methyl sites for hydroxylation is 1. The molecule has 3 heterocycles. The standard InChI is InChI=1S/C25H32BN3O4/c1-15-13-18(17(3)28-23-20(26(31)32)7-6-10-27-23)22-19(14-15)21(30)16(2)24(33-22)29-11-8-25(4,5)9-12-29/h6-7,10,13-14,17,31-32H,8-9,11-12H2,1-5H3,(H,27,28). The number of aromatic nitrogens is 1. The van der Waals surface area contributed by atoms with E-state index in [1.807, 2.05) is 32.9 Å². The first-order valence-corrected chi connectivity index (χ1v) is 11.5. The first-order chi connectivity index (χ1) is 15.6. The highest BCUT2D eigenvalue weighted by Crippen LogP contribution is 2.35. The number of nitrogens with zero attached hydrogens (tertiary/aromatic N) is 2. The fourth-order valence-electron chi connectivity index (χ4n) is 4.52. The van der Waals surface area contributed by atoms with Crippen molar-refractivity contribution >= 4 is 35.3 Å². The Labute approximate surface area is 194 Å². The molecule has 1 fully saturated rings. The second-order valence-electron chi connectivity index (χ2n) is 9.92. The fourth-order valence-corrected chi connectivity index (χ4v) is 4.52. The molecule has 1 saturated heterocycles. The second-order valence-corrected chi connectivity index (χ2v) is 9.92. The Morgan fingerprint density at radius 2 is 1.91 bits per heavy atom. The van der Waals surface area contributed by atoms with Crippen LogP contribution in [0.15, 0.2) is 39.7 Å². The highest BCUT2D eigenvalue weighted by atomic mass is 16.4. The lowest BCUT2D eigenvalue weighted by Crippen LogP contribution is -2.38. The molecule has 0 amide bonds. The summed E-state index contributed by atoms with van der Waals surface area (Å²) in [5.74, 6) is 1.02. The predicted molar refractivity (Wildman–Crippen MR) is 133 cm³/mol. The molecule has 0 bridgehead atoms. The summed E-state index contributed by atoms with van der Waals surface area (Å²) in [6.45, 7) is 12.0. The molecule has 3 aromatic rings. The lowest BCUT2D eigenvalue weighted by molar-refractivity contribution is 0.274. The van der Waals surface area contributed by atoms with Gasteiger partial charge in [0, 0.05) is 30.3 Å². The van der Waals surface area contributed by atoms with Gasteiger partial charge in [-0.3, -0.25) is 4.79 Å². The Morgan fingerprint density at radius 1 is 1.21 bits per heavy atom. The largest absolute Gasteiger partial charge is 0.492 e. The quantitative estimate of drug-likeness (QED) is 0.514. The molecule has 0 radical (unpaired) electrons. The number of anilines is 2. The first kappa shape index (κ1) is 23.3. The summed E-state index contributed by atoms with van der Waals surface area (Å²) in [6, 6.07) is 6.84. The van der Waals surface area contributed by atoms with Gasteiger partial charge in [0.2, 0.25) is 5.88 Å². The van der Waals surface area contributed by atoms with E-state index in [2.05, 4.69) is 29.0 Å². The number of benzene rings is 1. The molecule has 1 aromatic carbocycles. The van der Waals surface area contributed by atoms with Crippen molar-refractivity contribution in [2.75, 3.05) is 23.3 Å². The molecule has 4 rings (SSSR count). The van der Waals surface area contributed by atoms with Gasteiger partial charge in [0.1, 0.15) is 11.4 Å². The smallest absolute Gasteiger partial charge is 0.440 e. The molecule has 2 aromatic heterocycles. The SMILES string of the molecule is Cc1cc(C(C)Nc2ncccc2B(O)O)c2oc(N3CCC(C)(C)CC3)c(C)c(=O)c2c1. The van der Waals surface area contributed by atoms with Crippen LogP contribution in [0.3, 0.4) is 0 Å². The van der Waals surface area contributed by atoms with Gasteiger partial charge in [0.15, 0.2) is 5.43 Å². The predicted octanol–water partition coefficient (Wildman–Crippen LogP) is 3.28. The summed E-state index contributed by atoms with van der Waals surface area (Å²) in [5, 5.41) is 23.2. The number of hydrogen-bond donors (Lipinski definition) is 3. The maximum Gasteiger partial charge on any atom is 0.492 e. The van der Waals surface area contributed by atoms with Crippen molar-refractivity contribution in [1.29, 1.82) is 0 Å². The molecule has 0 aliphatic carbocycles.